The number of piperidine rings is 1. The van der Waals surface area contributed by atoms with Crippen molar-refractivity contribution in [3.63, 3.8) is 0 Å². The van der Waals surface area contributed by atoms with E-state index in [9.17, 15) is 18.0 Å². The molecule has 2 aromatic rings. The maximum Gasteiger partial charge on any atom is 0.416 e. The Balaban J connectivity index is 1.24. The predicted octanol–water partition coefficient (Wildman–Crippen LogP) is 4.35. The second kappa shape index (κ2) is 8.52. The number of carbonyl (C=O) groups excluding carboxylic acids is 1. The van der Waals surface area contributed by atoms with Crippen molar-refractivity contribution >= 4 is 11.6 Å². The monoisotopic (exact) mass is 443 g/mol. The van der Waals surface area contributed by atoms with Crippen molar-refractivity contribution in [2.24, 2.45) is 5.92 Å². The summed E-state index contributed by atoms with van der Waals surface area (Å²) in [6, 6.07) is 11.4. The van der Waals surface area contributed by atoms with E-state index in [4.69, 9.17) is 0 Å². The highest BCUT2D eigenvalue weighted by molar-refractivity contribution is 6.07. The Hall–Kier alpha value is -2.38. The molecule has 5 rings (SSSR count). The molecule has 0 bridgehead atoms. The molecule has 0 spiro atoms. The highest BCUT2D eigenvalue weighted by atomic mass is 19.4. The highest BCUT2D eigenvalue weighted by Crippen LogP contribution is 2.43. The standard InChI is InChI=1S/C25H28F3N3O/c26-25(27,28)20-3-1-2-19(13-20)24(32)31-11-8-18-12-17(4-5-23(18)31)21-14-22(21)30-15-16-6-9-29-10-7-16/h1-5,12-13,16,21-22,29-30H,6-11,14-15H2. The molecule has 0 aromatic heterocycles. The summed E-state index contributed by atoms with van der Waals surface area (Å²) in [6.07, 6.45) is -0.126. The molecule has 2 aromatic carbocycles. The first-order valence-electron chi connectivity index (χ1n) is 11.5. The summed E-state index contributed by atoms with van der Waals surface area (Å²) in [4.78, 5) is 14.6. The van der Waals surface area contributed by atoms with Crippen LogP contribution in [-0.2, 0) is 12.6 Å². The summed E-state index contributed by atoms with van der Waals surface area (Å²) in [5.41, 5.74) is 2.48. The second-order valence-corrected chi connectivity index (χ2v) is 9.22. The van der Waals surface area contributed by atoms with Gasteiger partial charge in [-0.3, -0.25) is 4.79 Å². The fourth-order valence-corrected chi connectivity index (χ4v) is 5.04. The quantitative estimate of drug-likeness (QED) is 0.722. The van der Waals surface area contributed by atoms with Crippen LogP contribution in [0.3, 0.4) is 0 Å². The van der Waals surface area contributed by atoms with Gasteiger partial charge in [-0.1, -0.05) is 18.2 Å². The van der Waals surface area contributed by atoms with E-state index < -0.39 is 11.7 Å². The van der Waals surface area contributed by atoms with Crippen molar-refractivity contribution in [3.05, 3.63) is 64.7 Å². The van der Waals surface area contributed by atoms with Crippen LogP contribution >= 0.6 is 0 Å². The zero-order valence-electron chi connectivity index (χ0n) is 17.9. The molecule has 2 heterocycles. The summed E-state index contributed by atoms with van der Waals surface area (Å²) >= 11 is 0. The van der Waals surface area contributed by atoms with Crippen LogP contribution in [-0.4, -0.2) is 38.1 Å². The summed E-state index contributed by atoms with van der Waals surface area (Å²) in [5.74, 6) is 0.888. The van der Waals surface area contributed by atoms with Gasteiger partial charge in [0.2, 0.25) is 0 Å². The maximum atomic E-state index is 13.0. The lowest BCUT2D eigenvalue weighted by Gasteiger charge is -2.23. The largest absolute Gasteiger partial charge is 0.416 e. The minimum atomic E-state index is -4.46. The average Bonchev–Trinajstić information content (AvgIpc) is 3.46. The molecular formula is C25H28F3N3O. The Morgan fingerprint density at radius 2 is 1.94 bits per heavy atom. The van der Waals surface area contributed by atoms with Crippen molar-refractivity contribution in [2.45, 2.75) is 43.8 Å². The lowest BCUT2D eigenvalue weighted by atomic mass is 9.98. The van der Waals surface area contributed by atoms with Crippen LogP contribution in [0.4, 0.5) is 18.9 Å². The molecule has 2 unspecified atom stereocenters. The molecule has 1 amide bonds. The van der Waals surface area contributed by atoms with Crippen molar-refractivity contribution in [1.82, 2.24) is 10.6 Å². The molecule has 2 N–H and O–H groups in total. The van der Waals surface area contributed by atoms with E-state index in [1.165, 1.54) is 30.5 Å². The Morgan fingerprint density at radius 1 is 1.12 bits per heavy atom. The number of carbonyl (C=O) groups is 1. The maximum absolute atomic E-state index is 13.0. The minimum absolute atomic E-state index is 0.0705. The third-order valence-electron chi connectivity index (χ3n) is 7.03. The molecule has 1 aliphatic carbocycles. The predicted molar refractivity (Wildman–Crippen MR) is 118 cm³/mol. The first kappa shape index (κ1) is 21.5. The van der Waals surface area contributed by atoms with E-state index in [-0.39, 0.29) is 11.5 Å². The molecule has 1 saturated heterocycles. The van der Waals surface area contributed by atoms with Crippen LogP contribution in [0.15, 0.2) is 42.5 Å². The number of fused-ring (bicyclic) bond motifs is 1. The van der Waals surface area contributed by atoms with E-state index >= 15 is 0 Å². The van der Waals surface area contributed by atoms with Crippen LogP contribution in [0, 0.1) is 5.92 Å². The fourth-order valence-electron chi connectivity index (χ4n) is 5.04. The van der Waals surface area contributed by atoms with Crippen LogP contribution in [0.2, 0.25) is 0 Å². The minimum Gasteiger partial charge on any atom is -0.317 e. The van der Waals surface area contributed by atoms with E-state index in [0.717, 1.165) is 61.8 Å². The number of anilines is 1. The summed E-state index contributed by atoms with van der Waals surface area (Å²) in [7, 11) is 0. The van der Waals surface area contributed by atoms with Crippen LogP contribution in [0.1, 0.15) is 52.2 Å². The Kier molecular flexibility index (Phi) is 5.72. The number of hydrogen-bond acceptors (Lipinski definition) is 3. The van der Waals surface area contributed by atoms with Crippen molar-refractivity contribution in [1.29, 1.82) is 0 Å². The topological polar surface area (TPSA) is 44.4 Å². The van der Waals surface area contributed by atoms with Crippen LogP contribution < -0.4 is 15.5 Å². The van der Waals surface area contributed by atoms with Crippen molar-refractivity contribution in [2.75, 3.05) is 31.1 Å². The van der Waals surface area contributed by atoms with Gasteiger partial charge in [0.25, 0.3) is 5.91 Å². The van der Waals surface area contributed by atoms with Gasteiger partial charge in [-0.05, 0) is 86.6 Å². The Bertz CT molecular complexity index is 1000. The molecule has 0 radical (unpaired) electrons. The molecule has 1 saturated carbocycles. The molecular weight excluding hydrogens is 415 g/mol. The molecule has 32 heavy (non-hydrogen) atoms. The normalized spacial score (nSPS) is 23.3. The second-order valence-electron chi connectivity index (χ2n) is 9.22. The third-order valence-corrected chi connectivity index (χ3v) is 7.03. The van der Waals surface area contributed by atoms with Gasteiger partial charge in [-0.15, -0.1) is 0 Å². The SMILES string of the molecule is O=C(c1cccc(C(F)(F)F)c1)N1CCc2cc(C3CC3NCC3CCNCC3)ccc21. The van der Waals surface area contributed by atoms with Crippen molar-refractivity contribution < 1.29 is 18.0 Å². The van der Waals surface area contributed by atoms with E-state index in [1.54, 1.807) is 4.90 Å². The van der Waals surface area contributed by atoms with Gasteiger partial charge in [-0.2, -0.15) is 13.2 Å². The van der Waals surface area contributed by atoms with Gasteiger partial charge in [0.15, 0.2) is 0 Å². The molecule has 2 atom stereocenters. The van der Waals surface area contributed by atoms with Crippen molar-refractivity contribution in [3.8, 4) is 0 Å². The molecule has 170 valence electrons. The number of alkyl halides is 3. The smallest absolute Gasteiger partial charge is 0.317 e. The lowest BCUT2D eigenvalue weighted by Crippen LogP contribution is -2.34. The Labute approximate surface area is 186 Å². The number of nitrogens with zero attached hydrogens (tertiary/aromatic N) is 1. The number of rotatable bonds is 5. The summed E-state index contributed by atoms with van der Waals surface area (Å²) < 4.78 is 39.1. The number of halogens is 3. The summed E-state index contributed by atoms with van der Waals surface area (Å²) in [5, 5.41) is 7.13. The molecule has 2 fully saturated rings. The molecule has 4 nitrogen and oxygen atoms in total. The average molecular weight is 444 g/mol. The zero-order valence-corrected chi connectivity index (χ0v) is 17.9. The van der Waals surface area contributed by atoms with Gasteiger partial charge in [0.05, 0.1) is 5.56 Å². The van der Waals surface area contributed by atoms with E-state index in [1.807, 2.05) is 6.07 Å². The number of hydrogen-bond donors (Lipinski definition) is 2. The number of nitrogens with one attached hydrogen (secondary N) is 2. The van der Waals surface area contributed by atoms with Gasteiger partial charge in [0.1, 0.15) is 0 Å². The van der Waals surface area contributed by atoms with Crippen LogP contribution in [0.25, 0.3) is 0 Å². The molecule has 7 heteroatoms. The highest BCUT2D eigenvalue weighted by Gasteiger charge is 2.39. The van der Waals surface area contributed by atoms with E-state index in [2.05, 4.69) is 22.8 Å². The van der Waals surface area contributed by atoms with Gasteiger partial charge < -0.3 is 15.5 Å². The van der Waals surface area contributed by atoms with Gasteiger partial charge in [-0.25, -0.2) is 0 Å². The van der Waals surface area contributed by atoms with Gasteiger partial charge >= 0.3 is 6.18 Å². The number of benzene rings is 2. The van der Waals surface area contributed by atoms with Gasteiger partial charge in [0, 0.05) is 29.8 Å². The molecule has 3 aliphatic rings. The van der Waals surface area contributed by atoms with Crippen LogP contribution in [0.5, 0.6) is 0 Å². The summed E-state index contributed by atoms with van der Waals surface area (Å²) in [6.45, 7) is 3.80. The fraction of sp³-hybridized carbons (Fsp3) is 0.480. The first-order valence-corrected chi connectivity index (χ1v) is 11.5. The third kappa shape index (κ3) is 4.41. The molecule has 2 aliphatic heterocycles. The number of amides is 1. The van der Waals surface area contributed by atoms with E-state index in [0.29, 0.717) is 18.5 Å². The Morgan fingerprint density at radius 3 is 2.72 bits per heavy atom. The zero-order chi connectivity index (χ0) is 22.3. The lowest BCUT2D eigenvalue weighted by molar-refractivity contribution is -0.137. The first-order chi connectivity index (χ1) is 15.4.